The normalized spacial score (nSPS) is 18.2. The Balaban J connectivity index is 2.09. The third-order valence-corrected chi connectivity index (χ3v) is 3.73. The summed E-state index contributed by atoms with van der Waals surface area (Å²) in [5, 5.41) is 0.162. The molecule has 0 aromatic carbocycles. The van der Waals surface area contributed by atoms with Crippen molar-refractivity contribution in [2.45, 2.75) is 12.8 Å². The van der Waals surface area contributed by atoms with E-state index in [1.54, 1.807) is 11.9 Å². The summed E-state index contributed by atoms with van der Waals surface area (Å²) in [7, 11) is 2.94. The van der Waals surface area contributed by atoms with Crippen molar-refractivity contribution in [1.82, 2.24) is 14.9 Å². The van der Waals surface area contributed by atoms with Gasteiger partial charge in [0, 0.05) is 32.5 Å². The van der Waals surface area contributed by atoms with Crippen LogP contribution in [0.25, 0.3) is 0 Å². The van der Waals surface area contributed by atoms with E-state index >= 15 is 0 Å². The molecule has 0 bridgehead atoms. The van der Waals surface area contributed by atoms with Gasteiger partial charge in [-0.05, 0) is 12.8 Å². The van der Waals surface area contributed by atoms with Gasteiger partial charge in [0.2, 0.25) is 0 Å². The highest BCUT2D eigenvalue weighted by atomic mass is 35.5. The Morgan fingerprint density at radius 3 is 2.81 bits per heavy atom. The summed E-state index contributed by atoms with van der Waals surface area (Å²) in [5.41, 5.74) is 0. The summed E-state index contributed by atoms with van der Waals surface area (Å²) in [4.78, 5) is 35.0. The van der Waals surface area contributed by atoms with Crippen LogP contribution >= 0.6 is 11.6 Å². The van der Waals surface area contributed by atoms with Crippen molar-refractivity contribution in [2.75, 3.05) is 32.1 Å². The molecule has 1 fully saturated rings. The average molecular weight is 313 g/mol. The van der Waals surface area contributed by atoms with E-state index in [4.69, 9.17) is 16.3 Å². The molecule has 7 nitrogen and oxygen atoms in total. The fourth-order valence-corrected chi connectivity index (χ4v) is 2.58. The van der Waals surface area contributed by atoms with Crippen molar-refractivity contribution in [3.8, 4) is 0 Å². The molecule has 1 aliphatic heterocycles. The molecule has 1 unspecified atom stereocenters. The summed E-state index contributed by atoms with van der Waals surface area (Å²) in [6.07, 6.45) is 4.41. The number of nitrogens with zero attached hydrogens (tertiary/aromatic N) is 4. The van der Waals surface area contributed by atoms with E-state index in [2.05, 4.69) is 9.97 Å². The first-order valence-corrected chi connectivity index (χ1v) is 6.99. The van der Waals surface area contributed by atoms with E-state index in [0.29, 0.717) is 18.9 Å². The molecule has 8 heteroatoms. The standard InChI is InChI=1S/C13H17ClN4O3/c1-17(11-10(14)15-5-6-16-11)13(20)18-7-3-4-9(8-18)12(19)21-2/h5-6,9H,3-4,7-8H2,1-2H3. The van der Waals surface area contributed by atoms with Crippen LogP contribution < -0.4 is 4.90 Å². The monoisotopic (exact) mass is 312 g/mol. The second-order valence-electron chi connectivity index (χ2n) is 4.82. The van der Waals surface area contributed by atoms with Gasteiger partial charge in [0.25, 0.3) is 0 Å². The van der Waals surface area contributed by atoms with Gasteiger partial charge < -0.3 is 9.64 Å². The van der Waals surface area contributed by atoms with Gasteiger partial charge >= 0.3 is 12.0 Å². The lowest BCUT2D eigenvalue weighted by atomic mass is 9.98. The number of aromatic nitrogens is 2. The molecule has 0 saturated carbocycles. The van der Waals surface area contributed by atoms with Crippen molar-refractivity contribution in [2.24, 2.45) is 5.92 Å². The number of esters is 1. The van der Waals surface area contributed by atoms with Crippen molar-refractivity contribution >= 4 is 29.4 Å². The van der Waals surface area contributed by atoms with Gasteiger partial charge in [-0.15, -0.1) is 0 Å². The molecular formula is C13H17ClN4O3. The Morgan fingerprint density at radius 1 is 1.43 bits per heavy atom. The van der Waals surface area contributed by atoms with Crippen LogP contribution in [0.2, 0.25) is 5.15 Å². The molecule has 0 aliphatic carbocycles. The topological polar surface area (TPSA) is 75.6 Å². The van der Waals surface area contributed by atoms with E-state index in [1.807, 2.05) is 0 Å². The zero-order valence-electron chi connectivity index (χ0n) is 12.0. The number of hydrogen-bond donors (Lipinski definition) is 0. The minimum atomic E-state index is -0.285. The highest BCUT2D eigenvalue weighted by Gasteiger charge is 2.31. The molecule has 0 N–H and O–H groups in total. The average Bonchev–Trinajstić information content (AvgIpc) is 2.53. The quantitative estimate of drug-likeness (QED) is 0.775. The van der Waals surface area contributed by atoms with E-state index in [1.165, 1.54) is 24.4 Å². The predicted molar refractivity (Wildman–Crippen MR) is 77.2 cm³/mol. The van der Waals surface area contributed by atoms with Crippen LogP contribution in [0.5, 0.6) is 0 Å². The van der Waals surface area contributed by atoms with Crippen molar-refractivity contribution in [3.05, 3.63) is 17.5 Å². The first-order valence-electron chi connectivity index (χ1n) is 6.61. The molecule has 21 heavy (non-hydrogen) atoms. The van der Waals surface area contributed by atoms with E-state index in [9.17, 15) is 9.59 Å². The Labute approximate surface area is 127 Å². The smallest absolute Gasteiger partial charge is 0.325 e. The van der Waals surface area contributed by atoms with Crippen LogP contribution in [-0.2, 0) is 9.53 Å². The third kappa shape index (κ3) is 3.41. The van der Waals surface area contributed by atoms with Crippen molar-refractivity contribution in [1.29, 1.82) is 0 Å². The van der Waals surface area contributed by atoms with Gasteiger partial charge in [0.05, 0.1) is 13.0 Å². The predicted octanol–water partition coefficient (Wildman–Crippen LogP) is 1.57. The number of carbonyl (C=O) groups excluding carboxylic acids is 2. The molecule has 2 rings (SSSR count). The van der Waals surface area contributed by atoms with Gasteiger partial charge in [-0.3, -0.25) is 9.69 Å². The second-order valence-corrected chi connectivity index (χ2v) is 5.18. The summed E-state index contributed by atoms with van der Waals surface area (Å²) >= 11 is 5.94. The largest absolute Gasteiger partial charge is 0.469 e. The van der Waals surface area contributed by atoms with E-state index in [0.717, 1.165) is 12.8 Å². The SMILES string of the molecule is COC(=O)C1CCCN(C(=O)N(C)c2nccnc2Cl)C1. The second kappa shape index (κ2) is 6.71. The van der Waals surface area contributed by atoms with Gasteiger partial charge in [-0.25, -0.2) is 14.8 Å². The summed E-state index contributed by atoms with van der Waals surface area (Å²) < 4.78 is 4.75. The third-order valence-electron chi connectivity index (χ3n) is 3.47. The number of carbonyl (C=O) groups is 2. The Morgan fingerprint density at radius 2 is 2.14 bits per heavy atom. The lowest BCUT2D eigenvalue weighted by Gasteiger charge is -2.33. The molecule has 1 atom stereocenters. The first kappa shape index (κ1) is 15.5. The molecule has 1 aliphatic rings. The summed E-state index contributed by atoms with van der Waals surface area (Å²) in [5.74, 6) is -0.268. The van der Waals surface area contributed by atoms with Crippen LogP contribution in [0.3, 0.4) is 0 Å². The highest BCUT2D eigenvalue weighted by Crippen LogP contribution is 2.23. The zero-order chi connectivity index (χ0) is 15.4. The number of ether oxygens (including phenoxy) is 1. The van der Waals surface area contributed by atoms with Crippen LogP contribution in [-0.4, -0.2) is 54.1 Å². The number of urea groups is 1. The molecule has 2 amide bonds. The van der Waals surface area contributed by atoms with Crippen LogP contribution in [0.4, 0.5) is 10.6 Å². The lowest BCUT2D eigenvalue weighted by molar-refractivity contribution is -0.146. The number of halogens is 1. The lowest BCUT2D eigenvalue weighted by Crippen LogP contribution is -2.48. The van der Waals surface area contributed by atoms with E-state index < -0.39 is 0 Å². The number of piperidine rings is 1. The number of rotatable bonds is 2. The van der Waals surface area contributed by atoms with Gasteiger partial charge in [0.15, 0.2) is 11.0 Å². The number of amides is 2. The molecule has 0 spiro atoms. The van der Waals surface area contributed by atoms with Gasteiger partial charge in [-0.2, -0.15) is 0 Å². The fourth-order valence-electron chi connectivity index (χ4n) is 2.35. The number of anilines is 1. The highest BCUT2D eigenvalue weighted by molar-refractivity contribution is 6.32. The van der Waals surface area contributed by atoms with Crippen LogP contribution in [0.1, 0.15) is 12.8 Å². The molecule has 1 saturated heterocycles. The maximum Gasteiger partial charge on any atom is 0.325 e. The van der Waals surface area contributed by atoms with Crippen LogP contribution in [0.15, 0.2) is 12.4 Å². The minimum absolute atomic E-state index is 0.162. The maximum atomic E-state index is 12.5. The number of likely N-dealkylation sites (tertiary alicyclic amines) is 1. The molecule has 1 aromatic rings. The Bertz CT molecular complexity index is 540. The maximum absolute atomic E-state index is 12.5. The van der Waals surface area contributed by atoms with Gasteiger partial charge in [-0.1, -0.05) is 11.6 Å². The molecule has 2 heterocycles. The van der Waals surface area contributed by atoms with Crippen molar-refractivity contribution < 1.29 is 14.3 Å². The van der Waals surface area contributed by atoms with Gasteiger partial charge in [0.1, 0.15) is 0 Å². The Hall–Kier alpha value is -1.89. The molecule has 0 radical (unpaired) electrons. The zero-order valence-corrected chi connectivity index (χ0v) is 12.7. The van der Waals surface area contributed by atoms with Crippen LogP contribution in [0, 0.1) is 5.92 Å². The number of hydrogen-bond acceptors (Lipinski definition) is 5. The van der Waals surface area contributed by atoms with Crippen molar-refractivity contribution in [3.63, 3.8) is 0 Å². The van der Waals surface area contributed by atoms with E-state index in [-0.39, 0.29) is 23.1 Å². The summed E-state index contributed by atoms with van der Waals surface area (Å²) in [6, 6.07) is -0.258. The molecule has 114 valence electrons. The minimum Gasteiger partial charge on any atom is -0.469 e. The molecule has 1 aromatic heterocycles. The summed E-state index contributed by atoms with van der Waals surface area (Å²) in [6.45, 7) is 0.933. The molecular weight excluding hydrogens is 296 g/mol. The Kier molecular flexibility index (Phi) is 4.95. The first-order chi connectivity index (χ1) is 10.0. The number of methoxy groups -OCH3 is 1. The fraction of sp³-hybridized carbons (Fsp3) is 0.538.